The van der Waals surface area contributed by atoms with Crippen molar-refractivity contribution in [2.24, 2.45) is 0 Å². The molecule has 2 saturated heterocycles. The van der Waals surface area contributed by atoms with Crippen LogP contribution in [0, 0.1) is 5.82 Å². The van der Waals surface area contributed by atoms with Gasteiger partial charge >= 0.3 is 0 Å². The minimum atomic E-state index is -3.48. The lowest BCUT2D eigenvalue weighted by atomic mass is 10.0. The minimum absolute atomic E-state index is 0.185. The maximum atomic E-state index is 13.0. The van der Waals surface area contributed by atoms with Gasteiger partial charge in [-0.1, -0.05) is 6.42 Å². The van der Waals surface area contributed by atoms with E-state index in [-0.39, 0.29) is 4.90 Å². The SMILES string of the molecule is O=S(=O)(c1ccc(F)cc1)N1CCC(N2CCCCC2)CC1. The fourth-order valence-electron chi connectivity index (χ4n) is 3.49. The molecule has 0 saturated carbocycles. The minimum Gasteiger partial charge on any atom is -0.300 e. The maximum Gasteiger partial charge on any atom is 0.243 e. The molecule has 1 aromatic carbocycles. The molecule has 122 valence electrons. The van der Waals surface area contributed by atoms with Crippen LogP contribution in [0.25, 0.3) is 0 Å². The molecule has 2 heterocycles. The Morgan fingerprint density at radius 2 is 1.50 bits per heavy atom. The van der Waals surface area contributed by atoms with Gasteiger partial charge in [0.25, 0.3) is 0 Å². The largest absolute Gasteiger partial charge is 0.300 e. The number of rotatable bonds is 3. The van der Waals surface area contributed by atoms with Crippen LogP contribution in [0.1, 0.15) is 32.1 Å². The highest BCUT2D eigenvalue weighted by Crippen LogP contribution is 2.25. The van der Waals surface area contributed by atoms with Crippen LogP contribution < -0.4 is 0 Å². The standard InChI is InChI=1S/C16H23FN2O2S/c17-14-4-6-16(7-5-14)22(20,21)19-12-8-15(9-13-19)18-10-2-1-3-11-18/h4-7,15H,1-3,8-13H2. The van der Waals surface area contributed by atoms with Gasteiger partial charge in [-0.15, -0.1) is 0 Å². The molecule has 1 aromatic rings. The Morgan fingerprint density at radius 3 is 2.09 bits per heavy atom. The topological polar surface area (TPSA) is 40.6 Å². The molecule has 4 nitrogen and oxygen atoms in total. The molecule has 0 unspecified atom stereocenters. The number of sulfonamides is 1. The summed E-state index contributed by atoms with van der Waals surface area (Å²) in [6, 6.07) is 5.61. The molecule has 0 N–H and O–H groups in total. The monoisotopic (exact) mass is 326 g/mol. The highest BCUT2D eigenvalue weighted by molar-refractivity contribution is 7.89. The maximum absolute atomic E-state index is 13.0. The first kappa shape index (κ1) is 15.9. The lowest BCUT2D eigenvalue weighted by molar-refractivity contribution is 0.118. The summed E-state index contributed by atoms with van der Waals surface area (Å²) in [5.41, 5.74) is 0. The summed E-state index contributed by atoms with van der Waals surface area (Å²) in [4.78, 5) is 2.70. The molecule has 3 rings (SSSR count). The number of benzene rings is 1. The summed E-state index contributed by atoms with van der Waals surface area (Å²) < 4.78 is 39.6. The van der Waals surface area contributed by atoms with E-state index in [4.69, 9.17) is 0 Å². The highest BCUT2D eigenvalue weighted by Gasteiger charge is 2.31. The van der Waals surface area contributed by atoms with Crippen molar-refractivity contribution in [3.63, 3.8) is 0 Å². The van der Waals surface area contributed by atoms with Crippen LogP contribution in [0.3, 0.4) is 0 Å². The van der Waals surface area contributed by atoms with Crippen molar-refractivity contribution in [1.29, 1.82) is 0 Å². The quantitative estimate of drug-likeness (QED) is 0.857. The second-order valence-corrected chi connectivity index (χ2v) is 8.12. The predicted molar refractivity (Wildman–Crippen MR) is 83.6 cm³/mol. The van der Waals surface area contributed by atoms with Crippen LogP contribution in [-0.2, 0) is 10.0 Å². The fraction of sp³-hybridized carbons (Fsp3) is 0.625. The number of hydrogen-bond donors (Lipinski definition) is 0. The van der Waals surface area contributed by atoms with Gasteiger partial charge in [-0.25, -0.2) is 12.8 Å². The smallest absolute Gasteiger partial charge is 0.243 e. The van der Waals surface area contributed by atoms with Gasteiger partial charge in [0.2, 0.25) is 10.0 Å². The molecule has 0 spiro atoms. The number of halogens is 1. The zero-order valence-electron chi connectivity index (χ0n) is 12.7. The average molecular weight is 326 g/mol. The fourth-order valence-corrected chi connectivity index (χ4v) is 4.96. The molecule has 2 aliphatic rings. The zero-order chi connectivity index (χ0) is 15.6. The predicted octanol–water partition coefficient (Wildman–Crippen LogP) is 2.46. The third kappa shape index (κ3) is 3.34. The molecule has 0 aromatic heterocycles. The van der Waals surface area contributed by atoms with E-state index in [1.54, 1.807) is 4.31 Å². The van der Waals surface area contributed by atoms with Crippen molar-refractivity contribution >= 4 is 10.0 Å². The molecule has 2 fully saturated rings. The average Bonchev–Trinajstić information content (AvgIpc) is 2.56. The van der Waals surface area contributed by atoms with Gasteiger partial charge in [0.15, 0.2) is 0 Å². The molecule has 0 radical (unpaired) electrons. The third-order valence-electron chi connectivity index (χ3n) is 4.78. The number of hydrogen-bond acceptors (Lipinski definition) is 3. The van der Waals surface area contributed by atoms with E-state index in [0.29, 0.717) is 19.1 Å². The lowest BCUT2D eigenvalue weighted by Gasteiger charge is -2.39. The molecule has 0 atom stereocenters. The lowest BCUT2D eigenvalue weighted by Crippen LogP contribution is -2.48. The van der Waals surface area contributed by atoms with E-state index in [1.165, 1.54) is 43.5 Å². The number of nitrogens with zero attached hydrogens (tertiary/aromatic N) is 2. The second kappa shape index (κ2) is 6.64. The van der Waals surface area contributed by atoms with Gasteiger partial charge in [-0.3, -0.25) is 0 Å². The first-order valence-corrected chi connectivity index (χ1v) is 9.51. The van der Waals surface area contributed by atoms with Gasteiger partial charge in [-0.05, 0) is 63.0 Å². The Labute approximate surface area is 132 Å². The van der Waals surface area contributed by atoms with Crippen molar-refractivity contribution < 1.29 is 12.8 Å². The van der Waals surface area contributed by atoms with Crippen molar-refractivity contribution in [1.82, 2.24) is 9.21 Å². The van der Waals surface area contributed by atoms with Crippen LogP contribution in [0.2, 0.25) is 0 Å². The van der Waals surface area contributed by atoms with Gasteiger partial charge in [0.05, 0.1) is 4.90 Å². The van der Waals surface area contributed by atoms with Gasteiger partial charge in [0, 0.05) is 19.1 Å². The van der Waals surface area contributed by atoms with E-state index in [0.717, 1.165) is 25.9 Å². The van der Waals surface area contributed by atoms with E-state index in [2.05, 4.69) is 4.90 Å². The Kier molecular flexibility index (Phi) is 4.80. The first-order chi connectivity index (χ1) is 10.6. The van der Waals surface area contributed by atoms with Crippen molar-refractivity contribution in [3.05, 3.63) is 30.1 Å². The molecule has 2 aliphatic heterocycles. The van der Waals surface area contributed by atoms with Gasteiger partial charge in [-0.2, -0.15) is 4.31 Å². The third-order valence-corrected chi connectivity index (χ3v) is 6.69. The zero-order valence-corrected chi connectivity index (χ0v) is 13.6. The molecule has 0 bridgehead atoms. The number of likely N-dealkylation sites (tertiary alicyclic amines) is 1. The van der Waals surface area contributed by atoms with E-state index < -0.39 is 15.8 Å². The van der Waals surface area contributed by atoms with Crippen molar-refractivity contribution in [2.45, 2.75) is 43.0 Å². The summed E-state index contributed by atoms with van der Waals surface area (Å²) in [5, 5.41) is 0. The van der Waals surface area contributed by atoms with E-state index in [1.807, 2.05) is 0 Å². The second-order valence-electron chi connectivity index (χ2n) is 6.19. The van der Waals surface area contributed by atoms with Crippen LogP contribution in [0.5, 0.6) is 0 Å². The Balaban J connectivity index is 1.63. The summed E-state index contributed by atoms with van der Waals surface area (Å²) in [5.74, 6) is -0.414. The van der Waals surface area contributed by atoms with E-state index in [9.17, 15) is 12.8 Å². The highest BCUT2D eigenvalue weighted by atomic mass is 32.2. The molecule has 0 amide bonds. The van der Waals surface area contributed by atoms with Crippen LogP contribution in [0.4, 0.5) is 4.39 Å². The molecule has 6 heteroatoms. The van der Waals surface area contributed by atoms with Crippen molar-refractivity contribution in [2.75, 3.05) is 26.2 Å². The van der Waals surface area contributed by atoms with Crippen molar-refractivity contribution in [3.8, 4) is 0 Å². The Bertz CT molecular complexity index is 589. The summed E-state index contributed by atoms with van der Waals surface area (Å²) in [7, 11) is -3.48. The van der Waals surface area contributed by atoms with Crippen LogP contribution in [-0.4, -0.2) is 49.8 Å². The molecular weight excluding hydrogens is 303 g/mol. The molecule has 22 heavy (non-hydrogen) atoms. The van der Waals surface area contributed by atoms with Crippen LogP contribution in [0.15, 0.2) is 29.2 Å². The normalized spacial score (nSPS) is 22.8. The summed E-state index contributed by atoms with van der Waals surface area (Å²) in [6.07, 6.45) is 5.61. The first-order valence-electron chi connectivity index (χ1n) is 8.07. The molecular formula is C16H23FN2O2S. The Morgan fingerprint density at radius 1 is 0.909 bits per heavy atom. The van der Waals surface area contributed by atoms with Gasteiger partial charge in [0.1, 0.15) is 5.82 Å². The van der Waals surface area contributed by atoms with Crippen LogP contribution >= 0.6 is 0 Å². The Hall–Kier alpha value is -0.980. The van der Waals surface area contributed by atoms with E-state index >= 15 is 0 Å². The summed E-state index contributed by atoms with van der Waals surface area (Å²) >= 11 is 0. The van der Waals surface area contributed by atoms with Gasteiger partial charge < -0.3 is 4.90 Å². The molecule has 0 aliphatic carbocycles. The summed E-state index contributed by atoms with van der Waals surface area (Å²) in [6.45, 7) is 3.41. The number of piperidine rings is 2.